The van der Waals surface area contributed by atoms with Gasteiger partial charge < -0.3 is 15.4 Å². The minimum atomic E-state index is -0.768. The van der Waals surface area contributed by atoms with Crippen molar-refractivity contribution in [1.82, 2.24) is 4.90 Å². The van der Waals surface area contributed by atoms with Gasteiger partial charge in [-0.2, -0.15) is 0 Å². The normalized spacial score (nSPS) is 13.8. The monoisotopic (exact) mass is 514 g/mol. The van der Waals surface area contributed by atoms with Gasteiger partial charge in [-0.1, -0.05) is 6.07 Å². The lowest BCUT2D eigenvalue weighted by Gasteiger charge is -2.17. The molecule has 0 aliphatic carbocycles. The summed E-state index contributed by atoms with van der Waals surface area (Å²) in [5, 5.41) is 0. The molecule has 2 aromatic rings. The summed E-state index contributed by atoms with van der Waals surface area (Å²) >= 11 is 2.00. The number of carbonyl (C=O) groups excluding carboxylic acids is 2. The lowest BCUT2D eigenvalue weighted by Crippen LogP contribution is -2.26. The lowest BCUT2D eigenvalue weighted by molar-refractivity contribution is -0.127. The highest BCUT2D eigenvalue weighted by atomic mass is 127. The van der Waals surface area contributed by atoms with E-state index in [1.54, 1.807) is 17.0 Å². The third-order valence-corrected chi connectivity index (χ3v) is 5.46. The number of nitrogens with zero attached hydrogens (tertiary/aromatic N) is 1. The van der Waals surface area contributed by atoms with Crippen LogP contribution in [0, 0.1) is 15.2 Å². The van der Waals surface area contributed by atoms with Crippen molar-refractivity contribution in [3.05, 3.63) is 62.2 Å². The molecular weight excluding hydrogens is 493 g/mol. The van der Waals surface area contributed by atoms with Gasteiger partial charge >= 0.3 is 0 Å². The number of nitrogens with two attached hydrogens (primary N) is 1. The van der Waals surface area contributed by atoms with Gasteiger partial charge in [0, 0.05) is 35.6 Å². The lowest BCUT2D eigenvalue weighted by atomic mass is 9.98. The van der Waals surface area contributed by atoms with Crippen LogP contribution in [0.15, 0.2) is 30.3 Å². The summed E-state index contributed by atoms with van der Waals surface area (Å²) in [6, 6.07) is 6.98. The van der Waals surface area contributed by atoms with Crippen LogP contribution in [0.2, 0.25) is 0 Å². The predicted octanol–water partition coefficient (Wildman–Crippen LogP) is 3.65. The molecule has 0 bridgehead atoms. The molecule has 5 nitrogen and oxygen atoms in total. The van der Waals surface area contributed by atoms with E-state index in [-0.39, 0.29) is 35.8 Å². The predicted molar refractivity (Wildman–Crippen MR) is 113 cm³/mol. The standard InChI is InChI=1S/C21H21F2IN2O3/c22-15-10-14(9-13-4-5-16(24)12-17(13)23)20(21(25)28)18(11-15)29-8-2-7-26-6-1-3-19(26)27/h4-5,10-12H,1-3,6-9H2,(H2,25,28). The molecule has 8 heteroatoms. The average molecular weight is 514 g/mol. The third-order valence-electron chi connectivity index (χ3n) is 4.79. The molecule has 3 rings (SSSR count). The zero-order valence-corrected chi connectivity index (χ0v) is 17.9. The number of likely N-dealkylation sites (tertiary alicyclic amines) is 1. The summed E-state index contributed by atoms with van der Waals surface area (Å²) in [5.74, 6) is -1.65. The van der Waals surface area contributed by atoms with E-state index in [0.717, 1.165) is 22.6 Å². The van der Waals surface area contributed by atoms with Gasteiger partial charge in [-0.3, -0.25) is 9.59 Å². The van der Waals surface area contributed by atoms with Crippen molar-refractivity contribution in [2.75, 3.05) is 19.7 Å². The second-order valence-corrected chi connectivity index (χ2v) is 8.15. The van der Waals surface area contributed by atoms with Crippen molar-refractivity contribution in [3.8, 4) is 5.75 Å². The number of carbonyl (C=O) groups is 2. The van der Waals surface area contributed by atoms with Crippen LogP contribution in [-0.4, -0.2) is 36.4 Å². The molecule has 29 heavy (non-hydrogen) atoms. The van der Waals surface area contributed by atoms with Crippen molar-refractivity contribution < 1.29 is 23.1 Å². The Morgan fingerprint density at radius 2 is 2.00 bits per heavy atom. The molecule has 0 atom stereocenters. The van der Waals surface area contributed by atoms with Gasteiger partial charge in [-0.15, -0.1) is 0 Å². The number of primary amides is 1. The SMILES string of the molecule is NC(=O)c1c(Cc2ccc(I)cc2F)cc(F)cc1OCCCN1CCCC1=O. The van der Waals surface area contributed by atoms with Gasteiger partial charge in [0.25, 0.3) is 5.91 Å². The average Bonchev–Trinajstić information content (AvgIpc) is 3.05. The number of hydrogen-bond donors (Lipinski definition) is 1. The second kappa shape index (κ2) is 9.51. The highest BCUT2D eigenvalue weighted by Crippen LogP contribution is 2.27. The Hall–Kier alpha value is -2.23. The van der Waals surface area contributed by atoms with Gasteiger partial charge in [-0.25, -0.2) is 8.78 Å². The summed E-state index contributed by atoms with van der Waals surface area (Å²) < 4.78 is 34.7. The Morgan fingerprint density at radius 1 is 1.21 bits per heavy atom. The van der Waals surface area contributed by atoms with E-state index in [1.807, 2.05) is 22.6 Å². The van der Waals surface area contributed by atoms with Crippen molar-refractivity contribution in [3.63, 3.8) is 0 Å². The molecular formula is C21H21F2IN2O3. The Labute approximate surface area is 181 Å². The molecule has 154 valence electrons. The third kappa shape index (κ3) is 5.43. The van der Waals surface area contributed by atoms with Gasteiger partial charge in [0.2, 0.25) is 5.91 Å². The topological polar surface area (TPSA) is 72.6 Å². The van der Waals surface area contributed by atoms with Crippen LogP contribution >= 0.6 is 22.6 Å². The van der Waals surface area contributed by atoms with Gasteiger partial charge in [0.1, 0.15) is 17.4 Å². The summed E-state index contributed by atoms with van der Waals surface area (Å²) in [6.07, 6.45) is 1.97. The maximum atomic E-state index is 14.2. The van der Waals surface area contributed by atoms with Crippen LogP contribution in [0.3, 0.4) is 0 Å². The summed E-state index contributed by atoms with van der Waals surface area (Å²) in [6.45, 7) is 1.47. The number of rotatable bonds is 8. The van der Waals surface area contributed by atoms with Crippen LogP contribution in [-0.2, 0) is 11.2 Å². The summed E-state index contributed by atoms with van der Waals surface area (Å²) in [4.78, 5) is 25.4. The molecule has 2 N–H and O–H groups in total. The second-order valence-electron chi connectivity index (χ2n) is 6.90. The molecule has 1 aliphatic rings. The Morgan fingerprint density at radius 3 is 2.66 bits per heavy atom. The fraction of sp³-hybridized carbons (Fsp3) is 0.333. The van der Waals surface area contributed by atoms with Crippen LogP contribution in [0.1, 0.15) is 40.7 Å². The van der Waals surface area contributed by atoms with E-state index in [1.165, 1.54) is 12.1 Å². The molecule has 0 saturated carbocycles. The van der Waals surface area contributed by atoms with Crippen LogP contribution in [0.4, 0.5) is 8.78 Å². The first kappa shape index (κ1) is 21.5. The van der Waals surface area contributed by atoms with Crippen LogP contribution < -0.4 is 10.5 Å². The molecule has 0 aromatic heterocycles. The van der Waals surface area contributed by atoms with Crippen molar-refractivity contribution in [2.45, 2.75) is 25.7 Å². The Bertz CT molecular complexity index is 936. The molecule has 0 spiro atoms. The van der Waals surface area contributed by atoms with Crippen molar-refractivity contribution in [2.24, 2.45) is 5.73 Å². The fourth-order valence-corrected chi connectivity index (χ4v) is 3.87. The van der Waals surface area contributed by atoms with E-state index in [9.17, 15) is 18.4 Å². The number of benzene rings is 2. The minimum Gasteiger partial charge on any atom is -0.493 e. The van der Waals surface area contributed by atoms with Crippen molar-refractivity contribution >= 4 is 34.4 Å². The first-order valence-electron chi connectivity index (χ1n) is 9.32. The maximum Gasteiger partial charge on any atom is 0.252 e. The van der Waals surface area contributed by atoms with E-state index in [4.69, 9.17) is 10.5 Å². The molecule has 2 amide bonds. The Balaban J connectivity index is 1.76. The number of amides is 2. The first-order valence-corrected chi connectivity index (χ1v) is 10.4. The molecule has 0 radical (unpaired) electrons. The highest BCUT2D eigenvalue weighted by molar-refractivity contribution is 14.1. The smallest absolute Gasteiger partial charge is 0.252 e. The highest BCUT2D eigenvalue weighted by Gasteiger charge is 2.21. The number of halogens is 3. The molecule has 2 aromatic carbocycles. The Kier molecular flexibility index (Phi) is 7.05. The van der Waals surface area contributed by atoms with E-state index in [2.05, 4.69) is 0 Å². The summed E-state index contributed by atoms with van der Waals surface area (Å²) in [7, 11) is 0. The molecule has 1 aliphatic heterocycles. The zero-order valence-electron chi connectivity index (χ0n) is 15.7. The van der Waals surface area contributed by atoms with Crippen LogP contribution in [0.25, 0.3) is 0 Å². The molecule has 0 unspecified atom stereocenters. The minimum absolute atomic E-state index is 0.0113. The summed E-state index contributed by atoms with van der Waals surface area (Å²) in [5.41, 5.74) is 6.15. The molecule has 1 saturated heterocycles. The maximum absolute atomic E-state index is 14.2. The molecule has 1 heterocycles. The van der Waals surface area contributed by atoms with Crippen molar-refractivity contribution in [1.29, 1.82) is 0 Å². The zero-order chi connectivity index (χ0) is 21.0. The van der Waals surface area contributed by atoms with Gasteiger partial charge in [0.05, 0.1) is 12.2 Å². The number of hydrogen-bond acceptors (Lipinski definition) is 3. The van der Waals surface area contributed by atoms with Gasteiger partial charge in [-0.05, 0) is 64.8 Å². The van der Waals surface area contributed by atoms with Crippen LogP contribution in [0.5, 0.6) is 5.75 Å². The van der Waals surface area contributed by atoms with E-state index in [0.29, 0.717) is 24.9 Å². The number of ether oxygens (including phenoxy) is 1. The van der Waals surface area contributed by atoms with E-state index < -0.39 is 17.5 Å². The molecule has 1 fully saturated rings. The van der Waals surface area contributed by atoms with Gasteiger partial charge in [0.15, 0.2) is 0 Å². The fourth-order valence-electron chi connectivity index (χ4n) is 3.42. The first-order chi connectivity index (χ1) is 13.8. The quantitative estimate of drug-likeness (QED) is 0.432. The van der Waals surface area contributed by atoms with E-state index >= 15 is 0 Å². The largest absolute Gasteiger partial charge is 0.493 e.